The highest BCUT2D eigenvalue weighted by Gasteiger charge is 2.30. The Labute approximate surface area is 172 Å². The maximum Gasteiger partial charge on any atom is 0.261 e. The normalized spacial score (nSPS) is 16.2. The third kappa shape index (κ3) is 4.90. The summed E-state index contributed by atoms with van der Waals surface area (Å²) in [5.74, 6) is 1.87. The maximum absolute atomic E-state index is 13.0. The average molecular weight is 396 g/mol. The molecule has 0 saturated carbocycles. The van der Waals surface area contributed by atoms with E-state index < -0.39 is 0 Å². The zero-order valence-electron chi connectivity index (χ0n) is 17.0. The highest BCUT2D eigenvalue weighted by Crippen LogP contribution is 2.31. The number of allylic oxidation sites excluding steroid dienone is 1. The van der Waals surface area contributed by atoms with E-state index >= 15 is 0 Å². The van der Waals surface area contributed by atoms with Gasteiger partial charge in [0.2, 0.25) is 0 Å². The van der Waals surface area contributed by atoms with Crippen LogP contribution < -0.4 is 19.5 Å². The SMILES string of the molecule is C=CCc1ccc(OCC(=O)N2CCNCC2c2ccccc2OC)c(OC)c1. The van der Waals surface area contributed by atoms with Crippen molar-refractivity contribution in [3.05, 3.63) is 66.2 Å². The van der Waals surface area contributed by atoms with Crippen molar-refractivity contribution in [1.82, 2.24) is 10.2 Å². The van der Waals surface area contributed by atoms with Crippen molar-refractivity contribution < 1.29 is 19.0 Å². The minimum atomic E-state index is -0.104. The molecule has 1 unspecified atom stereocenters. The Kier molecular flexibility index (Phi) is 7.14. The molecule has 1 aliphatic rings. The number of methoxy groups -OCH3 is 2. The van der Waals surface area contributed by atoms with Crippen molar-refractivity contribution >= 4 is 5.91 Å². The van der Waals surface area contributed by atoms with Crippen LogP contribution in [0, 0.1) is 0 Å². The molecule has 0 bridgehead atoms. The number of amides is 1. The van der Waals surface area contributed by atoms with Gasteiger partial charge in [-0.05, 0) is 30.2 Å². The first kappa shape index (κ1) is 20.7. The first-order valence-electron chi connectivity index (χ1n) is 9.71. The van der Waals surface area contributed by atoms with Gasteiger partial charge in [-0.25, -0.2) is 0 Å². The van der Waals surface area contributed by atoms with Crippen LogP contribution in [-0.2, 0) is 11.2 Å². The number of hydrogen-bond acceptors (Lipinski definition) is 5. The lowest BCUT2D eigenvalue weighted by molar-refractivity contribution is -0.136. The highest BCUT2D eigenvalue weighted by atomic mass is 16.5. The number of ether oxygens (including phenoxy) is 3. The molecule has 2 aromatic carbocycles. The van der Waals surface area contributed by atoms with E-state index in [9.17, 15) is 4.79 Å². The number of nitrogens with zero attached hydrogens (tertiary/aromatic N) is 1. The number of para-hydroxylation sites is 1. The first-order valence-corrected chi connectivity index (χ1v) is 9.71. The summed E-state index contributed by atoms with van der Waals surface area (Å²) in [4.78, 5) is 14.9. The molecule has 1 atom stereocenters. The van der Waals surface area contributed by atoms with Crippen LogP contribution in [0.15, 0.2) is 55.1 Å². The van der Waals surface area contributed by atoms with E-state index in [1.165, 1.54) is 0 Å². The first-order chi connectivity index (χ1) is 14.2. The van der Waals surface area contributed by atoms with Crippen molar-refractivity contribution in [3.8, 4) is 17.2 Å². The number of carbonyl (C=O) groups excluding carboxylic acids is 1. The molecule has 1 fully saturated rings. The Morgan fingerprint density at radius 1 is 1.17 bits per heavy atom. The summed E-state index contributed by atoms with van der Waals surface area (Å²) in [5.41, 5.74) is 2.07. The zero-order valence-corrected chi connectivity index (χ0v) is 17.0. The van der Waals surface area contributed by atoms with Crippen molar-refractivity contribution in [3.63, 3.8) is 0 Å². The van der Waals surface area contributed by atoms with Crippen LogP contribution in [0.1, 0.15) is 17.2 Å². The molecule has 29 heavy (non-hydrogen) atoms. The minimum Gasteiger partial charge on any atom is -0.496 e. The summed E-state index contributed by atoms with van der Waals surface area (Å²) in [7, 11) is 3.24. The average Bonchev–Trinajstić information content (AvgIpc) is 2.78. The second kappa shape index (κ2) is 9.98. The van der Waals surface area contributed by atoms with E-state index in [-0.39, 0.29) is 18.6 Å². The van der Waals surface area contributed by atoms with Crippen LogP contribution in [0.2, 0.25) is 0 Å². The van der Waals surface area contributed by atoms with Gasteiger partial charge in [0, 0.05) is 25.2 Å². The molecule has 0 radical (unpaired) electrons. The Morgan fingerprint density at radius 3 is 2.72 bits per heavy atom. The van der Waals surface area contributed by atoms with E-state index in [2.05, 4.69) is 11.9 Å². The lowest BCUT2D eigenvalue weighted by Gasteiger charge is -2.37. The van der Waals surface area contributed by atoms with Gasteiger partial charge in [-0.15, -0.1) is 6.58 Å². The number of carbonyl (C=O) groups is 1. The van der Waals surface area contributed by atoms with Gasteiger partial charge in [-0.1, -0.05) is 30.3 Å². The van der Waals surface area contributed by atoms with Gasteiger partial charge in [-0.3, -0.25) is 4.79 Å². The molecular formula is C23H28N2O4. The third-order valence-corrected chi connectivity index (χ3v) is 5.02. The molecule has 0 aromatic heterocycles. The summed E-state index contributed by atoms with van der Waals surface area (Å²) in [6.07, 6.45) is 2.58. The molecule has 0 spiro atoms. The van der Waals surface area contributed by atoms with Crippen molar-refractivity contribution in [1.29, 1.82) is 0 Å². The van der Waals surface area contributed by atoms with Gasteiger partial charge >= 0.3 is 0 Å². The molecule has 1 amide bonds. The van der Waals surface area contributed by atoms with Crippen molar-refractivity contribution in [2.75, 3.05) is 40.5 Å². The summed E-state index contributed by atoms with van der Waals surface area (Å²) in [6.45, 7) is 5.73. The number of nitrogens with one attached hydrogen (secondary N) is 1. The van der Waals surface area contributed by atoms with E-state index in [1.807, 2.05) is 53.4 Å². The second-order valence-electron chi connectivity index (χ2n) is 6.82. The molecule has 2 aromatic rings. The predicted octanol–water partition coefficient (Wildman–Crippen LogP) is 2.98. The Bertz CT molecular complexity index is 853. The van der Waals surface area contributed by atoms with Crippen LogP contribution in [-0.4, -0.2) is 51.3 Å². The number of hydrogen-bond donors (Lipinski definition) is 1. The van der Waals surface area contributed by atoms with Crippen molar-refractivity contribution in [2.24, 2.45) is 0 Å². The molecule has 6 nitrogen and oxygen atoms in total. The molecule has 0 aliphatic carbocycles. The maximum atomic E-state index is 13.0. The predicted molar refractivity (Wildman–Crippen MR) is 113 cm³/mol. The van der Waals surface area contributed by atoms with Crippen molar-refractivity contribution in [2.45, 2.75) is 12.5 Å². The second-order valence-corrected chi connectivity index (χ2v) is 6.82. The zero-order chi connectivity index (χ0) is 20.6. The van der Waals surface area contributed by atoms with Crippen LogP contribution in [0.3, 0.4) is 0 Å². The minimum absolute atomic E-state index is 0.0528. The van der Waals surface area contributed by atoms with Gasteiger partial charge in [0.05, 0.1) is 20.3 Å². The van der Waals surface area contributed by atoms with Gasteiger partial charge in [0.1, 0.15) is 5.75 Å². The molecular weight excluding hydrogens is 368 g/mol. The number of benzene rings is 2. The third-order valence-electron chi connectivity index (χ3n) is 5.02. The van der Waals surface area contributed by atoms with Gasteiger partial charge < -0.3 is 24.4 Å². The highest BCUT2D eigenvalue weighted by molar-refractivity contribution is 5.78. The molecule has 1 aliphatic heterocycles. The van der Waals surface area contributed by atoms with E-state index in [0.29, 0.717) is 24.6 Å². The summed E-state index contributed by atoms with van der Waals surface area (Å²) >= 11 is 0. The molecule has 3 rings (SSSR count). The lowest BCUT2D eigenvalue weighted by atomic mass is 10.0. The fraction of sp³-hybridized carbons (Fsp3) is 0.348. The van der Waals surface area contributed by atoms with Crippen LogP contribution >= 0.6 is 0 Å². The Morgan fingerprint density at radius 2 is 1.97 bits per heavy atom. The summed E-state index contributed by atoms with van der Waals surface area (Å²) in [5, 5.41) is 3.36. The Hall–Kier alpha value is -2.99. The Balaban J connectivity index is 1.73. The fourth-order valence-corrected chi connectivity index (χ4v) is 3.57. The fourth-order valence-electron chi connectivity index (χ4n) is 3.57. The van der Waals surface area contributed by atoms with Gasteiger partial charge in [0.25, 0.3) is 5.91 Å². The molecule has 6 heteroatoms. The largest absolute Gasteiger partial charge is 0.496 e. The topological polar surface area (TPSA) is 60.0 Å². The van der Waals surface area contributed by atoms with Gasteiger partial charge in [0.15, 0.2) is 18.1 Å². The van der Waals surface area contributed by atoms with Crippen LogP contribution in [0.5, 0.6) is 17.2 Å². The summed E-state index contributed by atoms with van der Waals surface area (Å²) in [6, 6.07) is 13.4. The monoisotopic (exact) mass is 396 g/mol. The van der Waals surface area contributed by atoms with E-state index in [0.717, 1.165) is 29.8 Å². The van der Waals surface area contributed by atoms with Crippen LogP contribution in [0.4, 0.5) is 0 Å². The molecule has 1 heterocycles. The number of rotatable bonds is 8. The molecule has 154 valence electrons. The lowest BCUT2D eigenvalue weighted by Crippen LogP contribution is -2.50. The van der Waals surface area contributed by atoms with Gasteiger partial charge in [-0.2, -0.15) is 0 Å². The molecule has 1 N–H and O–H groups in total. The standard InChI is InChI=1S/C23H28N2O4/c1-4-7-17-10-11-21(22(14-17)28-3)29-16-23(26)25-13-12-24-15-19(25)18-8-5-6-9-20(18)27-2/h4-6,8-11,14,19,24H,1,7,12-13,15-16H2,2-3H3. The molecule has 1 saturated heterocycles. The smallest absolute Gasteiger partial charge is 0.261 e. The number of piperazine rings is 1. The summed E-state index contributed by atoms with van der Waals surface area (Å²) < 4.78 is 16.7. The quantitative estimate of drug-likeness (QED) is 0.695. The van der Waals surface area contributed by atoms with E-state index in [4.69, 9.17) is 14.2 Å². The van der Waals surface area contributed by atoms with E-state index in [1.54, 1.807) is 14.2 Å². The van der Waals surface area contributed by atoms with Crippen LogP contribution in [0.25, 0.3) is 0 Å².